The number of hydrogen-bond acceptors (Lipinski definition) is 5. The van der Waals surface area contributed by atoms with E-state index >= 15 is 0 Å². The van der Waals surface area contributed by atoms with Gasteiger partial charge in [0.25, 0.3) is 5.91 Å². The van der Waals surface area contributed by atoms with Gasteiger partial charge in [0.1, 0.15) is 5.75 Å². The van der Waals surface area contributed by atoms with E-state index in [2.05, 4.69) is 47.8 Å². The summed E-state index contributed by atoms with van der Waals surface area (Å²) in [5, 5.41) is 0. The summed E-state index contributed by atoms with van der Waals surface area (Å²) in [6.45, 7) is 11.1. The molecule has 0 N–H and O–H groups in total. The van der Waals surface area contributed by atoms with Crippen molar-refractivity contribution < 1.29 is 9.53 Å². The van der Waals surface area contributed by atoms with Crippen LogP contribution >= 0.6 is 0 Å². The van der Waals surface area contributed by atoms with Crippen LogP contribution in [0.1, 0.15) is 33.3 Å². The maximum atomic E-state index is 12.7. The Balaban J connectivity index is 1.54. The fourth-order valence-electron chi connectivity index (χ4n) is 3.13. The molecule has 1 saturated heterocycles. The van der Waals surface area contributed by atoms with Crippen LogP contribution in [-0.4, -0.2) is 53.1 Å². The molecule has 0 radical (unpaired) electrons. The molecule has 27 heavy (non-hydrogen) atoms. The summed E-state index contributed by atoms with van der Waals surface area (Å²) >= 11 is 0. The first-order chi connectivity index (χ1) is 12.8. The third-order valence-corrected chi connectivity index (χ3v) is 4.81. The second kappa shape index (κ2) is 7.94. The van der Waals surface area contributed by atoms with Crippen molar-refractivity contribution in [2.75, 3.05) is 31.1 Å². The van der Waals surface area contributed by atoms with Crippen LogP contribution < -0.4 is 9.64 Å². The molecule has 1 unspecified atom stereocenters. The Kier molecular flexibility index (Phi) is 5.63. The van der Waals surface area contributed by atoms with Crippen LogP contribution in [0.4, 0.5) is 5.95 Å². The number of rotatable bonds is 4. The molecule has 0 saturated carbocycles. The lowest BCUT2D eigenvalue weighted by Crippen LogP contribution is -2.52. The quantitative estimate of drug-likeness (QED) is 0.830. The van der Waals surface area contributed by atoms with Crippen LogP contribution in [0.2, 0.25) is 0 Å². The lowest BCUT2D eigenvalue weighted by Gasteiger charge is -2.35. The van der Waals surface area contributed by atoms with Crippen molar-refractivity contribution in [3.05, 3.63) is 48.3 Å². The van der Waals surface area contributed by atoms with Gasteiger partial charge in [-0.1, -0.05) is 32.9 Å². The molecule has 144 valence electrons. The molecule has 1 amide bonds. The number of carbonyl (C=O) groups is 1. The van der Waals surface area contributed by atoms with E-state index in [9.17, 15) is 4.79 Å². The van der Waals surface area contributed by atoms with Gasteiger partial charge in [-0.05, 0) is 36.1 Å². The van der Waals surface area contributed by atoms with E-state index in [0.717, 1.165) is 18.8 Å². The number of carbonyl (C=O) groups excluding carboxylic acids is 1. The van der Waals surface area contributed by atoms with Crippen LogP contribution in [0.5, 0.6) is 5.75 Å². The second-order valence-corrected chi connectivity index (χ2v) is 7.90. The van der Waals surface area contributed by atoms with Crippen molar-refractivity contribution in [3.8, 4) is 5.75 Å². The molecule has 0 aliphatic carbocycles. The van der Waals surface area contributed by atoms with Crippen molar-refractivity contribution in [1.29, 1.82) is 0 Å². The maximum absolute atomic E-state index is 12.7. The fraction of sp³-hybridized carbons (Fsp3) is 0.476. The van der Waals surface area contributed by atoms with Crippen molar-refractivity contribution in [2.45, 2.75) is 39.2 Å². The van der Waals surface area contributed by atoms with Gasteiger partial charge in [-0.3, -0.25) is 4.79 Å². The molecule has 1 aliphatic rings. The highest BCUT2D eigenvalue weighted by Crippen LogP contribution is 2.25. The zero-order chi connectivity index (χ0) is 19.4. The molecule has 1 fully saturated rings. The normalized spacial score (nSPS) is 16.1. The summed E-state index contributed by atoms with van der Waals surface area (Å²) in [5.74, 6) is 1.46. The molecule has 0 bridgehead atoms. The number of amides is 1. The predicted octanol–water partition coefficient (Wildman–Crippen LogP) is 2.89. The van der Waals surface area contributed by atoms with Crippen LogP contribution in [0.25, 0.3) is 0 Å². The summed E-state index contributed by atoms with van der Waals surface area (Å²) < 4.78 is 5.88. The topological polar surface area (TPSA) is 58.6 Å². The average Bonchev–Trinajstić information content (AvgIpc) is 2.68. The molecule has 1 atom stereocenters. The number of benzene rings is 1. The van der Waals surface area contributed by atoms with E-state index in [1.807, 2.05) is 24.0 Å². The first-order valence-electron chi connectivity index (χ1n) is 9.42. The number of hydrogen-bond donors (Lipinski definition) is 0. The van der Waals surface area contributed by atoms with E-state index in [1.165, 1.54) is 5.56 Å². The first kappa shape index (κ1) is 19.1. The van der Waals surface area contributed by atoms with Crippen molar-refractivity contribution in [1.82, 2.24) is 14.9 Å². The SMILES string of the molecule is CC(Oc1ccc(C(C)(C)C)cc1)C(=O)N1CCN(c2ncccn2)CC1. The molecule has 0 spiro atoms. The predicted molar refractivity (Wildman–Crippen MR) is 106 cm³/mol. The number of anilines is 1. The lowest BCUT2D eigenvalue weighted by atomic mass is 9.87. The Hall–Kier alpha value is -2.63. The molecular formula is C21H28N4O2. The standard InChI is InChI=1S/C21H28N4O2/c1-16(27-18-8-6-17(7-9-18)21(2,3)4)19(26)24-12-14-25(15-13-24)20-22-10-5-11-23-20/h5-11,16H,12-15H2,1-4H3. The highest BCUT2D eigenvalue weighted by atomic mass is 16.5. The molecule has 1 aromatic heterocycles. The summed E-state index contributed by atoms with van der Waals surface area (Å²) in [6.07, 6.45) is 2.96. The molecule has 6 nitrogen and oxygen atoms in total. The van der Waals surface area contributed by atoms with Gasteiger partial charge < -0.3 is 14.5 Å². The average molecular weight is 368 g/mol. The minimum atomic E-state index is -0.509. The Morgan fingerprint density at radius 3 is 2.19 bits per heavy atom. The number of ether oxygens (including phenoxy) is 1. The smallest absolute Gasteiger partial charge is 0.263 e. The van der Waals surface area contributed by atoms with Gasteiger partial charge in [-0.15, -0.1) is 0 Å². The zero-order valence-corrected chi connectivity index (χ0v) is 16.6. The molecule has 1 aliphatic heterocycles. The van der Waals surface area contributed by atoms with Gasteiger partial charge in [0, 0.05) is 38.6 Å². The Morgan fingerprint density at radius 2 is 1.63 bits per heavy atom. The van der Waals surface area contributed by atoms with E-state index in [4.69, 9.17) is 4.74 Å². The summed E-state index contributed by atoms with van der Waals surface area (Å²) in [6, 6.07) is 9.80. The highest BCUT2D eigenvalue weighted by Gasteiger charge is 2.27. The minimum Gasteiger partial charge on any atom is -0.481 e. The van der Waals surface area contributed by atoms with E-state index < -0.39 is 6.10 Å². The number of aromatic nitrogens is 2. The molecule has 1 aromatic carbocycles. The molecule has 6 heteroatoms. The number of piperazine rings is 1. The summed E-state index contributed by atoms with van der Waals surface area (Å²) in [7, 11) is 0. The molecular weight excluding hydrogens is 340 g/mol. The summed E-state index contributed by atoms with van der Waals surface area (Å²) in [5.41, 5.74) is 1.34. The minimum absolute atomic E-state index is 0.0172. The fourth-order valence-corrected chi connectivity index (χ4v) is 3.13. The van der Waals surface area contributed by atoms with Crippen molar-refractivity contribution in [2.24, 2.45) is 0 Å². The Labute approximate surface area is 161 Å². The lowest BCUT2D eigenvalue weighted by molar-refractivity contribution is -0.138. The van der Waals surface area contributed by atoms with Crippen LogP contribution in [-0.2, 0) is 10.2 Å². The third-order valence-electron chi connectivity index (χ3n) is 4.81. The van der Waals surface area contributed by atoms with E-state index in [1.54, 1.807) is 18.5 Å². The largest absolute Gasteiger partial charge is 0.481 e. The molecule has 2 heterocycles. The van der Waals surface area contributed by atoms with Gasteiger partial charge in [0.15, 0.2) is 6.10 Å². The third kappa shape index (κ3) is 4.76. The first-order valence-corrected chi connectivity index (χ1v) is 9.42. The summed E-state index contributed by atoms with van der Waals surface area (Å²) in [4.78, 5) is 25.2. The molecule has 2 aromatic rings. The monoisotopic (exact) mass is 368 g/mol. The highest BCUT2D eigenvalue weighted by molar-refractivity contribution is 5.81. The van der Waals surface area contributed by atoms with E-state index in [-0.39, 0.29) is 11.3 Å². The van der Waals surface area contributed by atoms with Gasteiger partial charge in [0.2, 0.25) is 5.95 Å². The van der Waals surface area contributed by atoms with Crippen molar-refractivity contribution in [3.63, 3.8) is 0 Å². The van der Waals surface area contributed by atoms with Crippen molar-refractivity contribution >= 4 is 11.9 Å². The second-order valence-electron chi connectivity index (χ2n) is 7.90. The van der Waals surface area contributed by atoms with Crippen LogP contribution in [0.15, 0.2) is 42.7 Å². The van der Waals surface area contributed by atoms with Gasteiger partial charge in [0.05, 0.1) is 0 Å². The van der Waals surface area contributed by atoms with Gasteiger partial charge >= 0.3 is 0 Å². The van der Waals surface area contributed by atoms with Gasteiger partial charge in [-0.2, -0.15) is 0 Å². The van der Waals surface area contributed by atoms with Gasteiger partial charge in [-0.25, -0.2) is 9.97 Å². The Morgan fingerprint density at radius 1 is 1.04 bits per heavy atom. The Bertz CT molecular complexity index is 748. The van der Waals surface area contributed by atoms with Crippen LogP contribution in [0, 0.1) is 0 Å². The van der Waals surface area contributed by atoms with Crippen LogP contribution in [0.3, 0.4) is 0 Å². The molecule has 3 rings (SSSR count). The van der Waals surface area contributed by atoms with E-state index in [0.29, 0.717) is 19.0 Å². The number of nitrogens with zero attached hydrogens (tertiary/aromatic N) is 4. The maximum Gasteiger partial charge on any atom is 0.263 e. The zero-order valence-electron chi connectivity index (χ0n) is 16.6.